The zero-order valence-electron chi connectivity index (χ0n) is 7.52. The van der Waals surface area contributed by atoms with Gasteiger partial charge in [-0.05, 0) is 19.3 Å². The third-order valence-electron chi connectivity index (χ3n) is 2.24. The third-order valence-corrected chi connectivity index (χ3v) is 2.24. The molecule has 0 aromatic rings. The van der Waals surface area contributed by atoms with Crippen molar-refractivity contribution in [3.63, 3.8) is 0 Å². The molecule has 0 saturated heterocycles. The standard InChI is InChI=1S/C8H13FN2O2/c1-10-6(12)5-11-7(13)8(9)3-2-4-8/h2-5H2,1H3,(H,10,12)(H,11,13). The van der Waals surface area contributed by atoms with Gasteiger partial charge in [-0.3, -0.25) is 9.59 Å². The Hall–Kier alpha value is -1.13. The van der Waals surface area contributed by atoms with Gasteiger partial charge in [0.05, 0.1) is 6.54 Å². The number of alkyl halides is 1. The minimum absolute atomic E-state index is 0.152. The van der Waals surface area contributed by atoms with E-state index in [0.29, 0.717) is 0 Å². The number of carbonyl (C=O) groups is 2. The smallest absolute Gasteiger partial charge is 0.258 e. The zero-order valence-corrected chi connectivity index (χ0v) is 7.52. The van der Waals surface area contributed by atoms with Gasteiger partial charge in [-0.2, -0.15) is 0 Å². The summed E-state index contributed by atoms with van der Waals surface area (Å²) in [5.41, 5.74) is -1.71. The second-order valence-electron chi connectivity index (χ2n) is 3.17. The van der Waals surface area contributed by atoms with Gasteiger partial charge < -0.3 is 10.6 Å². The van der Waals surface area contributed by atoms with Gasteiger partial charge in [0.1, 0.15) is 0 Å². The summed E-state index contributed by atoms with van der Waals surface area (Å²) < 4.78 is 13.3. The molecule has 0 aromatic heterocycles. The highest BCUT2D eigenvalue weighted by Crippen LogP contribution is 2.35. The van der Waals surface area contributed by atoms with Crippen LogP contribution in [0.4, 0.5) is 4.39 Å². The molecule has 0 spiro atoms. The maximum absolute atomic E-state index is 13.3. The molecule has 1 rings (SSSR count). The van der Waals surface area contributed by atoms with E-state index in [0.717, 1.165) is 6.42 Å². The maximum Gasteiger partial charge on any atom is 0.258 e. The Morgan fingerprint density at radius 3 is 2.46 bits per heavy atom. The van der Waals surface area contributed by atoms with Gasteiger partial charge in [0.2, 0.25) is 5.91 Å². The molecule has 0 bridgehead atoms. The Bertz CT molecular complexity index is 226. The summed E-state index contributed by atoms with van der Waals surface area (Å²) in [6.07, 6.45) is 1.28. The van der Waals surface area contributed by atoms with Crippen molar-refractivity contribution in [2.45, 2.75) is 24.9 Å². The summed E-state index contributed by atoms with van der Waals surface area (Å²) in [7, 11) is 1.46. The Kier molecular flexibility index (Phi) is 2.85. The fourth-order valence-corrected chi connectivity index (χ4v) is 1.12. The first-order valence-electron chi connectivity index (χ1n) is 4.26. The molecule has 13 heavy (non-hydrogen) atoms. The highest BCUT2D eigenvalue weighted by Gasteiger charge is 2.44. The first-order valence-corrected chi connectivity index (χ1v) is 4.26. The van der Waals surface area contributed by atoms with Crippen LogP contribution in [0.15, 0.2) is 0 Å². The molecule has 0 atom stereocenters. The number of carbonyl (C=O) groups excluding carboxylic acids is 2. The zero-order chi connectivity index (χ0) is 9.90. The molecule has 0 radical (unpaired) electrons. The van der Waals surface area contributed by atoms with Crippen LogP contribution in [0.5, 0.6) is 0 Å². The summed E-state index contributed by atoms with van der Waals surface area (Å²) >= 11 is 0. The molecule has 0 unspecified atom stereocenters. The van der Waals surface area contributed by atoms with Crippen LogP contribution in [0.25, 0.3) is 0 Å². The minimum atomic E-state index is -1.71. The van der Waals surface area contributed by atoms with E-state index < -0.39 is 11.6 Å². The molecule has 74 valence electrons. The Labute approximate surface area is 75.9 Å². The molecule has 1 saturated carbocycles. The monoisotopic (exact) mass is 188 g/mol. The number of likely N-dealkylation sites (N-methyl/N-ethyl adjacent to an activating group) is 1. The quantitative estimate of drug-likeness (QED) is 0.641. The predicted molar refractivity (Wildman–Crippen MR) is 44.8 cm³/mol. The second kappa shape index (κ2) is 3.72. The van der Waals surface area contributed by atoms with Gasteiger partial charge in [0.15, 0.2) is 5.67 Å². The van der Waals surface area contributed by atoms with Crippen molar-refractivity contribution in [3.8, 4) is 0 Å². The molecule has 2 amide bonds. The highest BCUT2D eigenvalue weighted by molar-refractivity contribution is 5.89. The average molecular weight is 188 g/mol. The van der Waals surface area contributed by atoms with Crippen molar-refractivity contribution >= 4 is 11.8 Å². The van der Waals surface area contributed by atoms with Gasteiger partial charge in [0.25, 0.3) is 5.91 Å². The fraction of sp³-hybridized carbons (Fsp3) is 0.750. The number of hydrogen-bond acceptors (Lipinski definition) is 2. The van der Waals surface area contributed by atoms with Crippen LogP contribution in [0.1, 0.15) is 19.3 Å². The number of nitrogens with one attached hydrogen (secondary N) is 2. The van der Waals surface area contributed by atoms with E-state index in [2.05, 4.69) is 10.6 Å². The molecule has 4 nitrogen and oxygen atoms in total. The van der Waals surface area contributed by atoms with Crippen LogP contribution in [0, 0.1) is 0 Å². The highest BCUT2D eigenvalue weighted by atomic mass is 19.1. The van der Waals surface area contributed by atoms with E-state index in [4.69, 9.17) is 0 Å². The summed E-state index contributed by atoms with van der Waals surface area (Å²) in [6.45, 7) is -0.152. The van der Waals surface area contributed by atoms with E-state index >= 15 is 0 Å². The molecule has 5 heteroatoms. The molecule has 2 N–H and O–H groups in total. The summed E-state index contributed by atoms with van der Waals surface area (Å²) in [5, 5.41) is 4.58. The van der Waals surface area contributed by atoms with Crippen molar-refractivity contribution in [3.05, 3.63) is 0 Å². The van der Waals surface area contributed by atoms with Gasteiger partial charge in [-0.15, -0.1) is 0 Å². The minimum Gasteiger partial charge on any atom is -0.358 e. The Morgan fingerprint density at radius 2 is 2.08 bits per heavy atom. The molecular weight excluding hydrogens is 175 g/mol. The lowest BCUT2D eigenvalue weighted by molar-refractivity contribution is -0.139. The molecule has 1 fully saturated rings. The molecule has 0 aliphatic heterocycles. The van der Waals surface area contributed by atoms with E-state index in [1.54, 1.807) is 0 Å². The van der Waals surface area contributed by atoms with Crippen molar-refractivity contribution < 1.29 is 14.0 Å². The summed E-state index contributed by atoms with van der Waals surface area (Å²) in [6, 6.07) is 0. The fourth-order valence-electron chi connectivity index (χ4n) is 1.12. The molecular formula is C8H13FN2O2. The third kappa shape index (κ3) is 2.17. The maximum atomic E-state index is 13.3. The van der Waals surface area contributed by atoms with Gasteiger partial charge in [-0.25, -0.2) is 4.39 Å². The van der Waals surface area contributed by atoms with Crippen molar-refractivity contribution in [1.82, 2.24) is 10.6 Å². The van der Waals surface area contributed by atoms with Gasteiger partial charge >= 0.3 is 0 Å². The number of halogens is 1. The largest absolute Gasteiger partial charge is 0.358 e. The normalized spacial score (nSPS) is 18.6. The van der Waals surface area contributed by atoms with Crippen LogP contribution in [0.2, 0.25) is 0 Å². The lowest BCUT2D eigenvalue weighted by Gasteiger charge is -2.31. The predicted octanol–water partition coefficient (Wildman–Crippen LogP) is -0.259. The topological polar surface area (TPSA) is 58.2 Å². The van der Waals surface area contributed by atoms with Gasteiger partial charge in [0, 0.05) is 7.05 Å². The van der Waals surface area contributed by atoms with Crippen LogP contribution < -0.4 is 10.6 Å². The SMILES string of the molecule is CNC(=O)CNC(=O)C1(F)CCC1. The van der Waals surface area contributed by atoms with E-state index in [9.17, 15) is 14.0 Å². The van der Waals surface area contributed by atoms with Crippen LogP contribution >= 0.6 is 0 Å². The van der Waals surface area contributed by atoms with Crippen molar-refractivity contribution in [2.24, 2.45) is 0 Å². The number of hydrogen-bond donors (Lipinski definition) is 2. The van der Waals surface area contributed by atoms with E-state index in [-0.39, 0.29) is 25.3 Å². The number of amides is 2. The molecule has 0 heterocycles. The van der Waals surface area contributed by atoms with E-state index in [1.807, 2.05) is 0 Å². The second-order valence-corrected chi connectivity index (χ2v) is 3.17. The van der Waals surface area contributed by atoms with Crippen molar-refractivity contribution in [2.75, 3.05) is 13.6 Å². The van der Waals surface area contributed by atoms with Crippen LogP contribution in [-0.4, -0.2) is 31.1 Å². The summed E-state index contributed by atoms with van der Waals surface area (Å²) in [5.74, 6) is -0.987. The molecule has 1 aliphatic rings. The average Bonchev–Trinajstić information content (AvgIpc) is 2.09. The van der Waals surface area contributed by atoms with E-state index in [1.165, 1.54) is 7.05 Å². The Balaban J connectivity index is 2.29. The molecule has 1 aliphatic carbocycles. The van der Waals surface area contributed by atoms with Crippen LogP contribution in [0.3, 0.4) is 0 Å². The number of rotatable bonds is 3. The summed E-state index contributed by atoms with van der Waals surface area (Å²) in [4.78, 5) is 21.8. The first-order chi connectivity index (χ1) is 6.08. The Morgan fingerprint density at radius 1 is 1.46 bits per heavy atom. The first kappa shape index (κ1) is 9.95. The lowest BCUT2D eigenvalue weighted by Crippen LogP contribution is -2.50. The molecule has 0 aromatic carbocycles. The lowest BCUT2D eigenvalue weighted by atomic mass is 9.81. The van der Waals surface area contributed by atoms with Crippen molar-refractivity contribution in [1.29, 1.82) is 0 Å². The van der Waals surface area contributed by atoms with Gasteiger partial charge in [-0.1, -0.05) is 0 Å². The van der Waals surface area contributed by atoms with Crippen LogP contribution in [-0.2, 0) is 9.59 Å².